The zero-order chi connectivity index (χ0) is 26.9. The van der Waals surface area contributed by atoms with Crippen LogP contribution in [0.2, 0.25) is 0 Å². The van der Waals surface area contributed by atoms with Gasteiger partial charge < -0.3 is 14.9 Å². The lowest BCUT2D eigenvalue weighted by atomic mass is 9.92. The second-order valence-electron chi connectivity index (χ2n) is 9.80. The smallest absolute Gasteiger partial charge is 0.426 e. The van der Waals surface area contributed by atoms with Gasteiger partial charge in [-0.3, -0.25) is 4.90 Å². The molecule has 1 N–H and O–H groups in total. The number of halogens is 3. The average molecular weight is 528 g/mol. The number of rotatable bonds is 5. The molecule has 10 heteroatoms. The van der Waals surface area contributed by atoms with Gasteiger partial charge in [-0.1, -0.05) is 60.7 Å². The molecule has 2 heterocycles. The van der Waals surface area contributed by atoms with E-state index in [1.165, 1.54) is 28.2 Å². The maximum Gasteiger partial charge on any atom is 0.426 e. The van der Waals surface area contributed by atoms with Crippen LogP contribution in [0, 0.1) is 0 Å². The molecule has 2 aliphatic rings. The molecule has 200 valence electrons. The summed E-state index contributed by atoms with van der Waals surface area (Å²) >= 11 is 0. The molecule has 0 radical (unpaired) electrons. The lowest BCUT2D eigenvalue weighted by Crippen LogP contribution is -2.48. The predicted molar refractivity (Wildman–Crippen MR) is 134 cm³/mol. The molecule has 0 saturated carbocycles. The van der Waals surface area contributed by atoms with Gasteiger partial charge in [-0.25, -0.2) is 9.59 Å². The van der Waals surface area contributed by atoms with Crippen molar-refractivity contribution in [2.45, 2.75) is 44.1 Å². The summed E-state index contributed by atoms with van der Waals surface area (Å²) in [4.78, 5) is 31.9. The molecular weight excluding hydrogens is 499 g/mol. The molecule has 5 rings (SSSR count). The normalized spacial score (nSPS) is 18.4. The van der Waals surface area contributed by atoms with Crippen molar-refractivity contribution in [2.24, 2.45) is 0 Å². The highest BCUT2D eigenvalue weighted by atomic mass is 19.4. The van der Waals surface area contributed by atoms with E-state index in [0.717, 1.165) is 22.4 Å². The Labute approximate surface area is 218 Å². The van der Waals surface area contributed by atoms with Crippen LogP contribution >= 0.6 is 0 Å². The van der Waals surface area contributed by atoms with Crippen LogP contribution < -0.4 is 5.32 Å². The molecule has 2 saturated heterocycles. The van der Waals surface area contributed by atoms with Gasteiger partial charge in [-0.2, -0.15) is 13.2 Å². The van der Waals surface area contributed by atoms with E-state index in [1.807, 2.05) is 49.4 Å². The number of hydroxylamine groups is 2. The maximum absolute atomic E-state index is 13.4. The molecule has 1 spiro atoms. The molecule has 3 aromatic carbocycles. The number of carbonyl (C=O) groups excluding carboxylic acids is 2. The Morgan fingerprint density at radius 3 is 2.50 bits per heavy atom. The number of hydrogen-bond donors (Lipinski definition) is 1. The summed E-state index contributed by atoms with van der Waals surface area (Å²) in [6.07, 6.45) is -4.95. The SMILES string of the molecule is CC(NC(=O)ON1CCC2(CC1)CN(Cc1ccccc1C(F)(F)F)C(=O)O2)c1cccc2ccccc12. The second kappa shape index (κ2) is 10.2. The van der Waals surface area contributed by atoms with Gasteiger partial charge in [0.2, 0.25) is 0 Å². The lowest BCUT2D eigenvalue weighted by molar-refractivity contribution is -0.142. The van der Waals surface area contributed by atoms with Crippen molar-refractivity contribution >= 4 is 23.0 Å². The Bertz CT molecular complexity index is 1330. The average Bonchev–Trinajstić information content (AvgIpc) is 3.19. The number of alkyl halides is 3. The van der Waals surface area contributed by atoms with Crippen molar-refractivity contribution in [1.29, 1.82) is 0 Å². The third-order valence-electron chi connectivity index (χ3n) is 7.19. The van der Waals surface area contributed by atoms with Crippen molar-refractivity contribution in [3.63, 3.8) is 0 Å². The number of carbonyl (C=O) groups is 2. The number of ether oxygens (including phenoxy) is 1. The van der Waals surface area contributed by atoms with E-state index in [-0.39, 0.29) is 24.7 Å². The second-order valence-corrected chi connectivity index (χ2v) is 9.80. The predicted octanol–water partition coefficient (Wildman–Crippen LogP) is 6.05. The molecule has 0 aromatic heterocycles. The molecule has 7 nitrogen and oxygen atoms in total. The topological polar surface area (TPSA) is 71.1 Å². The molecule has 38 heavy (non-hydrogen) atoms. The summed E-state index contributed by atoms with van der Waals surface area (Å²) in [5.41, 5.74) is -0.591. The molecule has 3 aromatic rings. The van der Waals surface area contributed by atoms with Crippen LogP contribution in [0.25, 0.3) is 10.8 Å². The first-order chi connectivity index (χ1) is 18.1. The molecule has 1 atom stereocenters. The van der Waals surface area contributed by atoms with Gasteiger partial charge in [0.1, 0.15) is 5.60 Å². The van der Waals surface area contributed by atoms with Crippen LogP contribution in [0.15, 0.2) is 66.7 Å². The number of nitrogens with zero attached hydrogens (tertiary/aromatic N) is 2. The van der Waals surface area contributed by atoms with Gasteiger partial charge >= 0.3 is 18.4 Å². The van der Waals surface area contributed by atoms with Gasteiger partial charge in [0.05, 0.1) is 18.2 Å². The van der Waals surface area contributed by atoms with Crippen LogP contribution in [0.3, 0.4) is 0 Å². The molecule has 0 bridgehead atoms. The number of nitrogens with one attached hydrogen (secondary N) is 1. The number of benzene rings is 3. The van der Waals surface area contributed by atoms with E-state index in [2.05, 4.69) is 5.32 Å². The van der Waals surface area contributed by atoms with Gasteiger partial charge in [0.25, 0.3) is 0 Å². The van der Waals surface area contributed by atoms with Crippen LogP contribution in [-0.4, -0.2) is 47.4 Å². The first kappa shape index (κ1) is 25.8. The zero-order valence-corrected chi connectivity index (χ0v) is 20.8. The summed E-state index contributed by atoms with van der Waals surface area (Å²) < 4.78 is 45.8. The Balaban J connectivity index is 1.15. The third-order valence-corrected chi connectivity index (χ3v) is 7.19. The van der Waals surface area contributed by atoms with Gasteiger partial charge in [-0.15, -0.1) is 5.06 Å². The van der Waals surface area contributed by atoms with E-state index in [4.69, 9.17) is 9.57 Å². The highest BCUT2D eigenvalue weighted by Crippen LogP contribution is 2.37. The summed E-state index contributed by atoms with van der Waals surface area (Å²) in [5, 5.41) is 6.52. The summed E-state index contributed by atoms with van der Waals surface area (Å²) in [5.74, 6) is 0. The first-order valence-electron chi connectivity index (χ1n) is 12.5. The largest absolute Gasteiger partial charge is 0.441 e. The molecular formula is C28H28F3N3O4. The lowest BCUT2D eigenvalue weighted by Gasteiger charge is -2.36. The van der Waals surface area contributed by atoms with Gasteiger partial charge in [0.15, 0.2) is 0 Å². The highest BCUT2D eigenvalue weighted by molar-refractivity contribution is 5.86. The Kier molecular flexibility index (Phi) is 6.92. The highest BCUT2D eigenvalue weighted by Gasteiger charge is 2.48. The molecule has 2 aliphatic heterocycles. The van der Waals surface area contributed by atoms with Gasteiger partial charge in [0, 0.05) is 32.5 Å². The number of fused-ring (bicyclic) bond motifs is 1. The van der Waals surface area contributed by atoms with Crippen LogP contribution in [0.4, 0.5) is 22.8 Å². The van der Waals surface area contributed by atoms with Crippen LogP contribution in [0.5, 0.6) is 0 Å². The van der Waals surface area contributed by atoms with E-state index in [1.54, 1.807) is 0 Å². The fraction of sp³-hybridized carbons (Fsp3) is 0.357. The van der Waals surface area contributed by atoms with Crippen molar-refractivity contribution in [3.8, 4) is 0 Å². The fourth-order valence-electron chi connectivity index (χ4n) is 5.23. The first-order valence-corrected chi connectivity index (χ1v) is 12.5. The molecule has 1 unspecified atom stereocenters. The van der Waals surface area contributed by atoms with E-state index in [0.29, 0.717) is 25.9 Å². The van der Waals surface area contributed by atoms with Crippen LogP contribution in [-0.2, 0) is 22.3 Å². The number of piperidine rings is 1. The minimum absolute atomic E-state index is 0.0201. The standard InChI is InChI=1S/C28H28F3N3O4/c1-19(22-11-6-9-20-7-2-4-10-23(20)22)32-25(35)38-34-15-13-27(14-16-34)18-33(26(36)37-27)17-21-8-3-5-12-24(21)28(29,30)31/h2-12,19H,13-18H2,1H3,(H,32,35). The van der Waals surface area contributed by atoms with Crippen LogP contribution in [0.1, 0.15) is 42.5 Å². The quantitative estimate of drug-likeness (QED) is 0.438. The van der Waals surface area contributed by atoms with Gasteiger partial charge in [-0.05, 0) is 34.9 Å². The summed E-state index contributed by atoms with van der Waals surface area (Å²) in [7, 11) is 0. The molecule has 2 fully saturated rings. The Hall–Kier alpha value is -3.79. The van der Waals surface area contributed by atoms with E-state index < -0.39 is 29.5 Å². The molecule has 2 amide bonds. The Morgan fingerprint density at radius 2 is 1.74 bits per heavy atom. The minimum atomic E-state index is -4.51. The zero-order valence-electron chi connectivity index (χ0n) is 20.8. The van der Waals surface area contributed by atoms with Crippen molar-refractivity contribution in [1.82, 2.24) is 15.3 Å². The maximum atomic E-state index is 13.4. The van der Waals surface area contributed by atoms with Crippen molar-refractivity contribution < 1.29 is 32.3 Å². The fourth-order valence-corrected chi connectivity index (χ4v) is 5.23. The molecule has 0 aliphatic carbocycles. The minimum Gasteiger partial charge on any atom is -0.441 e. The number of hydrogen-bond acceptors (Lipinski definition) is 5. The summed E-state index contributed by atoms with van der Waals surface area (Å²) in [6, 6.07) is 18.8. The third kappa shape index (κ3) is 5.40. The number of amides is 2. The van der Waals surface area contributed by atoms with Crippen molar-refractivity contribution in [2.75, 3.05) is 19.6 Å². The van der Waals surface area contributed by atoms with Crippen molar-refractivity contribution in [3.05, 3.63) is 83.4 Å². The monoisotopic (exact) mass is 527 g/mol. The Morgan fingerprint density at radius 1 is 1.05 bits per heavy atom. The van der Waals surface area contributed by atoms with E-state index >= 15 is 0 Å². The summed E-state index contributed by atoms with van der Waals surface area (Å²) in [6.45, 7) is 2.53. The van der Waals surface area contributed by atoms with E-state index in [9.17, 15) is 22.8 Å².